The van der Waals surface area contributed by atoms with Crippen LogP contribution in [0.4, 0.5) is 4.39 Å². The Morgan fingerprint density at radius 1 is 1.28 bits per heavy atom. The number of hydrogen-bond acceptors (Lipinski definition) is 5. The fourth-order valence-electron chi connectivity index (χ4n) is 1.42. The van der Waals surface area contributed by atoms with Crippen molar-refractivity contribution in [1.82, 2.24) is 15.4 Å². The number of nitrogens with two attached hydrogens (primary N) is 1. The summed E-state index contributed by atoms with van der Waals surface area (Å²) in [5, 5.41) is 0. The minimum absolute atomic E-state index is 0.0891. The molecule has 0 aliphatic heterocycles. The van der Waals surface area contributed by atoms with Crippen LogP contribution >= 0.6 is 11.8 Å². The zero-order valence-electron chi connectivity index (χ0n) is 9.58. The third kappa shape index (κ3) is 3.49. The van der Waals surface area contributed by atoms with Crippen LogP contribution in [0.15, 0.2) is 47.8 Å². The maximum absolute atomic E-state index is 12.8. The van der Waals surface area contributed by atoms with E-state index < -0.39 is 0 Å². The Hall–Kier alpha value is -1.50. The molecule has 1 unspecified atom stereocenters. The Bertz CT molecular complexity index is 477. The summed E-state index contributed by atoms with van der Waals surface area (Å²) in [5.41, 5.74) is 3.49. The molecule has 0 radical (unpaired) electrons. The van der Waals surface area contributed by atoms with Crippen LogP contribution < -0.4 is 11.3 Å². The lowest BCUT2D eigenvalue weighted by Crippen LogP contribution is -2.30. The van der Waals surface area contributed by atoms with Crippen molar-refractivity contribution in [1.29, 1.82) is 0 Å². The quantitative estimate of drug-likeness (QED) is 0.490. The molecule has 4 nitrogen and oxygen atoms in total. The number of nitrogens with one attached hydrogen (secondary N) is 1. The van der Waals surface area contributed by atoms with Crippen LogP contribution in [-0.4, -0.2) is 15.7 Å². The first-order valence-corrected chi connectivity index (χ1v) is 6.38. The number of hydrazine groups is 1. The van der Waals surface area contributed by atoms with E-state index in [0.717, 1.165) is 10.6 Å². The van der Waals surface area contributed by atoms with Crippen molar-refractivity contribution in [2.24, 2.45) is 5.84 Å². The van der Waals surface area contributed by atoms with Crippen molar-refractivity contribution in [3.8, 4) is 0 Å². The van der Waals surface area contributed by atoms with Crippen molar-refractivity contribution in [2.45, 2.75) is 10.9 Å². The van der Waals surface area contributed by atoms with Crippen molar-refractivity contribution in [3.05, 3.63) is 54.4 Å². The summed E-state index contributed by atoms with van der Waals surface area (Å²) in [6.07, 6.45) is 4.92. The van der Waals surface area contributed by atoms with E-state index >= 15 is 0 Å². The Kier molecular flexibility index (Phi) is 4.63. The molecule has 0 saturated heterocycles. The molecule has 0 aliphatic rings. The van der Waals surface area contributed by atoms with Gasteiger partial charge in [0.1, 0.15) is 5.82 Å². The molecule has 0 bridgehead atoms. The third-order valence-electron chi connectivity index (χ3n) is 2.37. The summed E-state index contributed by atoms with van der Waals surface area (Å²) < 4.78 is 12.8. The van der Waals surface area contributed by atoms with Crippen LogP contribution in [0.25, 0.3) is 0 Å². The lowest BCUT2D eigenvalue weighted by atomic mass is 10.2. The van der Waals surface area contributed by atoms with Crippen LogP contribution in [-0.2, 0) is 0 Å². The van der Waals surface area contributed by atoms with Gasteiger partial charge in [0.25, 0.3) is 0 Å². The summed E-state index contributed by atoms with van der Waals surface area (Å²) in [5.74, 6) is 5.96. The first-order valence-electron chi connectivity index (χ1n) is 5.40. The average molecular weight is 264 g/mol. The van der Waals surface area contributed by atoms with Gasteiger partial charge in [0.05, 0.1) is 17.9 Å². The maximum atomic E-state index is 12.8. The molecule has 2 rings (SSSR count). The molecule has 0 amide bonds. The molecule has 1 heterocycles. The summed E-state index contributed by atoms with van der Waals surface area (Å²) in [7, 11) is 0. The minimum atomic E-state index is -0.234. The van der Waals surface area contributed by atoms with Crippen molar-refractivity contribution in [2.75, 3.05) is 5.75 Å². The molecule has 3 N–H and O–H groups in total. The molecule has 18 heavy (non-hydrogen) atoms. The second-order valence-corrected chi connectivity index (χ2v) is 4.71. The lowest BCUT2D eigenvalue weighted by molar-refractivity contribution is 0.592. The number of hydrogen-bond donors (Lipinski definition) is 2. The Labute approximate surface area is 109 Å². The van der Waals surface area contributed by atoms with Crippen LogP contribution in [0.2, 0.25) is 0 Å². The molecule has 1 atom stereocenters. The number of rotatable bonds is 5. The van der Waals surface area contributed by atoms with Crippen molar-refractivity contribution < 1.29 is 4.39 Å². The normalized spacial score (nSPS) is 12.3. The first-order chi connectivity index (χ1) is 8.79. The number of halogens is 1. The van der Waals surface area contributed by atoms with Gasteiger partial charge in [0, 0.05) is 23.0 Å². The molecule has 94 valence electrons. The number of thioether (sulfide) groups is 1. The van der Waals surface area contributed by atoms with Gasteiger partial charge in [0.2, 0.25) is 0 Å². The highest BCUT2D eigenvalue weighted by molar-refractivity contribution is 7.99. The van der Waals surface area contributed by atoms with Gasteiger partial charge in [0.15, 0.2) is 0 Å². The zero-order valence-corrected chi connectivity index (χ0v) is 10.4. The maximum Gasteiger partial charge on any atom is 0.123 e. The predicted octanol–water partition coefficient (Wildman–Crippen LogP) is 1.91. The SMILES string of the molecule is NNC(CSc1ccc(F)cc1)c1cnccn1. The van der Waals surface area contributed by atoms with Crippen LogP contribution in [0, 0.1) is 5.82 Å². The summed E-state index contributed by atoms with van der Waals surface area (Å²) in [6, 6.07) is 6.27. The van der Waals surface area contributed by atoms with Crippen molar-refractivity contribution >= 4 is 11.8 Å². The van der Waals surface area contributed by atoms with Gasteiger partial charge in [-0.25, -0.2) is 4.39 Å². The van der Waals surface area contributed by atoms with E-state index in [9.17, 15) is 4.39 Å². The predicted molar refractivity (Wildman–Crippen MR) is 69.2 cm³/mol. The Morgan fingerprint density at radius 2 is 2.06 bits per heavy atom. The smallest absolute Gasteiger partial charge is 0.123 e. The largest absolute Gasteiger partial charge is 0.271 e. The summed E-state index contributed by atoms with van der Waals surface area (Å²) >= 11 is 1.58. The van der Waals surface area contributed by atoms with E-state index in [0.29, 0.717) is 5.75 Å². The second-order valence-electron chi connectivity index (χ2n) is 3.61. The highest BCUT2D eigenvalue weighted by atomic mass is 32.2. The molecule has 0 aliphatic carbocycles. The molecule has 0 fully saturated rings. The molecule has 0 saturated carbocycles. The topological polar surface area (TPSA) is 63.8 Å². The van der Waals surface area contributed by atoms with E-state index in [-0.39, 0.29) is 11.9 Å². The molecule has 1 aromatic carbocycles. The molecular weight excluding hydrogens is 251 g/mol. The fourth-order valence-corrected chi connectivity index (χ4v) is 2.37. The van der Waals surface area contributed by atoms with E-state index in [1.807, 2.05) is 0 Å². The van der Waals surface area contributed by atoms with Gasteiger partial charge in [-0.3, -0.25) is 21.2 Å². The van der Waals surface area contributed by atoms with Gasteiger partial charge in [-0.2, -0.15) is 0 Å². The third-order valence-corrected chi connectivity index (χ3v) is 3.48. The molecular formula is C12H13FN4S. The number of nitrogens with zero attached hydrogens (tertiary/aromatic N) is 2. The molecule has 1 aromatic heterocycles. The van der Waals surface area contributed by atoms with E-state index in [2.05, 4.69) is 15.4 Å². The van der Waals surface area contributed by atoms with Crippen LogP contribution in [0.5, 0.6) is 0 Å². The first kappa shape index (κ1) is 12.9. The number of aromatic nitrogens is 2. The summed E-state index contributed by atoms with van der Waals surface area (Å²) in [6.45, 7) is 0. The minimum Gasteiger partial charge on any atom is -0.271 e. The van der Waals surface area contributed by atoms with E-state index in [1.165, 1.54) is 12.1 Å². The van der Waals surface area contributed by atoms with E-state index in [4.69, 9.17) is 5.84 Å². The number of benzene rings is 1. The van der Waals surface area contributed by atoms with Gasteiger partial charge >= 0.3 is 0 Å². The summed E-state index contributed by atoms with van der Waals surface area (Å²) in [4.78, 5) is 9.19. The van der Waals surface area contributed by atoms with Crippen LogP contribution in [0.3, 0.4) is 0 Å². The monoisotopic (exact) mass is 264 g/mol. The highest BCUT2D eigenvalue weighted by Crippen LogP contribution is 2.23. The Morgan fingerprint density at radius 3 is 2.67 bits per heavy atom. The lowest BCUT2D eigenvalue weighted by Gasteiger charge is -2.14. The van der Waals surface area contributed by atoms with Gasteiger partial charge in [-0.1, -0.05) is 0 Å². The highest BCUT2D eigenvalue weighted by Gasteiger charge is 2.11. The second kappa shape index (κ2) is 6.44. The fraction of sp³-hybridized carbons (Fsp3) is 0.167. The van der Waals surface area contributed by atoms with Crippen LogP contribution in [0.1, 0.15) is 11.7 Å². The van der Waals surface area contributed by atoms with Gasteiger partial charge in [-0.05, 0) is 24.3 Å². The Balaban J connectivity index is 1.97. The van der Waals surface area contributed by atoms with Gasteiger partial charge < -0.3 is 0 Å². The van der Waals surface area contributed by atoms with Gasteiger partial charge in [-0.15, -0.1) is 11.8 Å². The molecule has 0 spiro atoms. The van der Waals surface area contributed by atoms with Crippen molar-refractivity contribution in [3.63, 3.8) is 0 Å². The zero-order chi connectivity index (χ0) is 12.8. The molecule has 2 aromatic rings. The molecule has 6 heteroatoms. The van der Waals surface area contributed by atoms with E-state index in [1.54, 1.807) is 42.5 Å². The average Bonchev–Trinajstić information content (AvgIpc) is 2.43. The standard InChI is InChI=1S/C12H13FN4S/c13-9-1-3-10(4-2-9)18-8-12(17-14)11-7-15-5-6-16-11/h1-7,12,17H,8,14H2.